The number of ether oxygens (including phenoxy) is 7. The van der Waals surface area contributed by atoms with E-state index in [-0.39, 0.29) is 6.79 Å². The van der Waals surface area contributed by atoms with E-state index in [2.05, 4.69) is 47.6 Å². The molecule has 0 radical (unpaired) electrons. The van der Waals surface area contributed by atoms with Gasteiger partial charge in [-0.3, -0.25) is 0 Å². The Hall–Kier alpha value is -2.88. The summed E-state index contributed by atoms with van der Waals surface area (Å²) in [6.07, 6.45) is 2.10. The number of rotatable bonds is 15. The molecular weight excluding hydrogens is 540 g/mol. The van der Waals surface area contributed by atoms with Crippen LogP contribution in [0.3, 0.4) is 0 Å². The Morgan fingerprint density at radius 1 is 0.805 bits per heavy atom. The fraction of sp³-hybridized carbons (Fsp3) is 0.562. The summed E-state index contributed by atoms with van der Waals surface area (Å²) in [5.41, 5.74) is 5.17. The molecule has 2 aromatic rings. The maximum absolute atomic E-state index is 6.83. The average Bonchev–Trinajstić information content (AvgIpc) is 3.42. The van der Waals surface area contributed by atoms with Crippen LogP contribution in [0.15, 0.2) is 29.8 Å². The number of hydrogen-bond acceptors (Lipinski definition) is 8. The minimum absolute atomic E-state index is 0.123. The first kappa shape index (κ1) is 32.6. The molecule has 0 fully saturated rings. The topological polar surface area (TPSA) is 73.8 Å². The van der Waals surface area contributed by atoms with Crippen molar-refractivity contribution in [2.75, 3.05) is 48.4 Å². The van der Waals surface area contributed by atoms with Gasteiger partial charge in [0.1, 0.15) is 0 Å². The molecule has 0 bridgehead atoms. The number of benzene rings is 2. The summed E-state index contributed by atoms with van der Waals surface area (Å²) in [5.74, 6) is 3.32. The monoisotopic (exact) mass is 588 g/mol. The van der Waals surface area contributed by atoms with Gasteiger partial charge in [-0.25, -0.2) is 0 Å². The van der Waals surface area contributed by atoms with Crippen LogP contribution in [0, 0.1) is 0 Å². The van der Waals surface area contributed by atoms with E-state index in [9.17, 15) is 0 Å². The zero-order valence-electron chi connectivity index (χ0n) is 26.6. The second kappa shape index (κ2) is 14.3. The molecule has 3 rings (SSSR count). The molecule has 0 saturated carbocycles. The summed E-state index contributed by atoms with van der Waals surface area (Å²) in [6.45, 7) is 17.3. The maximum atomic E-state index is 6.83. The molecule has 1 aliphatic heterocycles. The van der Waals surface area contributed by atoms with Gasteiger partial charge >= 0.3 is 0 Å². The van der Waals surface area contributed by atoms with E-state index in [1.54, 1.807) is 28.4 Å². The molecule has 0 aromatic heterocycles. The summed E-state index contributed by atoms with van der Waals surface area (Å²) in [4.78, 5) is 0. The van der Waals surface area contributed by atoms with E-state index in [1.165, 1.54) is 0 Å². The van der Waals surface area contributed by atoms with Crippen LogP contribution >= 0.6 is 0 Å². The van der Waals surface area contributed by atoms with Crippen LogP contribution in [0.25, 0.3) is 11.1 Å². The Morgan fingerprint density at radius 2 is 1.39 bits per heavy atom. The van der Waals surface area contributed by atoms with Gasteiger partial charge in [-0.15, -0.1) is 0 Å². The molecule has 8 nitrogen and oxygen atoms in total. The number of allylic oxidation sites excluding steroid dienone is 1. The van der Waals surface area contributed by atoms with Crippen LogP contribution in [-0.2, 0) is 15.8 Å². The van der Waals surface area contributed by atoms with E-state index in [0.29, 0.717) is 70.9 Å². The number of hydrogen-bond donors (Lipinski definition) is 0. The van der Waals surface area contributed by atoms with E-state index in [1.807, 2.05) is 25.1 Å². The second-order valence-electron chi connectivity index (χ2n) is 11.1. The predicted molar refractivity (Wildman–Crippen MR) is 165 cm³/mol. The predicted octanol–water partition coefficient (Wildman–Crippen LogP) is 7.77. The third-order valence-electron chi connectivity index (χ3n) is 8.03. The smallest absolute Gasteiger partial charge is 0.231 e. The van der Waals surface area contributed by atoms with Crippen LogP contribution in [0.2, 0.25) is 16.6 Å². The van der Waals surface area contributed by atoms with Crippen LogP contribution in [0.1, 0.15) is 54.0 Å². The number of methoxy groups -OCH3 is 4. The molecule has 9 heteroatoms. The Morgan fingerprint density at radius 3 is 1.88 bits per heavy atom. The lowest BCUT2D eigenvalue weighted by Crippen LogP contribution is -2.48. The zero-order chi connectivity index (χ0) is 30.3. The van der Waals surface area contributed by atoms with Crippen molar-refractivity contribution < 1.29 is 37.6 Å². The molecular formula is C32H48O8Si. The fourth-order valence-corrected chi connectivity index (χ4v) is 11.6. The van der Waals surface area contributed by atoms with Crippen LogP contribution in [0.4, 0.5) is 0 Å². The SMILES string of the molecule is C/C=C(\COCc1cc2c(c(OC)c1-c1cc(OC)c(OC)c(OC)c1)OCO2)CO[Si](C(C)C)(C(C)C)C(C)C. The highest BCUT2D eigenvalue weighted by atomic mass is 28.4. The molecule has 1 aliphatic rings. The molecule has 2 aromatic carbocycles. The third kappa shape index (κ3) is 6.63. The van der Waals surface area contributed by atoms with Crippen molar-refractivity contribution in [3.05, 3.63) is 35.4 Å². The molecule has 0 spiro atoms. The Bertz CT molecular complexity index is 1160. The van der Waals surface area contributed by atoms with Crippen LogP contribution in [0.5, 0.6) is 34.5 Å². The van der Waals surface area contributed by atoms with Crippen LogP contribution in [-0.4, -0.2) is 56.8 Å². The standard InChI is InChI=1S/C32H48O8Si/c1-12-23(17-40-41(20(2)3,21(4)5)22(6)7)16-37-18-25-15-28-31(39-19-38-28)32(36-11)29(25)24-13-26(33-8)30(35-10)27(14-24)34-9/h12-15,20-22H,16-19H2,1-11H3/b23-12+. The van der Waals surface area contributed by atoms with Crippen molar-refractivity contribution in [1.82, 2.24) is 0 Å². The highest BCUT2D eigenvalue weighted by Gasteiger charge is 2.45. The summed E-state index contributed by atoms with van der Waals surface area (Å²) in [5, 5.41) is 0. The lowest BCUT2D eigenvalue weighted by Gasteiger charge is -2.42. The van der Waals surface area contributed by atoms with E-state index >= 15 is 0 Å². The molecule has 228 valence electrons. The molecule has 0 atom stereocenters. The lowest BCUT2D eigenvalue weighted by molar-refractivity contribution is 0.134. The minimum atomic E-state index is -1.99. The van der Waals surface area contributed by atoms with Gasteiger partial charge < -0.3 is 37.6 Å². The van der Waals surface area contributed by atoms with Gasteiger partial charge in [-0.1, -0.05) is 47.6 Å². The molecule has 0 saturated heterocycles. The van der Waals surface area contributed by atoms with E-state index in [0.717, 1.165) is 22.3 Å². The molecule has 0 amide bonds. The first-order valence-corrected chi connectivity index (χ1v) is 16.4. The highest BCUT2D eigenvalue weighted by molar-refractivity contribution is 6.77. The maximum Gasteiger partial charge on any atom is 0.231 e. The largest absolute Gasteiger partial charge is 0.493 e. The molecule has 0 aliphatic carbocycles. The first-order valence-electron chi connectivity index (χ1n) is 14.2. The van der Waals surface area contributed by atoms with Gasteiger partial charge in [0.2, 0.25) is 26.6 Å². The summed E-state index contributed by atoms with van der Waals surface area (Å²) >= 11 is 0. The first-order chi connectivity index (χ1) is 19.6. The van der Waals surface area contributed by atoms with Gasteiger partial charge in [0.05, 0.1) is 48.3 Å². The quantitative estimate of drug-likeness (QED) is 0.154. The third-order valence-corrected chi connectivity index (χ3v) is 14.1. The van der Waals surface area contributed by atoms with Crippen LogP contribution < -0.4 is 28.4 Å². The van der Waals surface area contributed by atoms with Crippen molar-refractivity contribution in [2.24, 2.45) is 0 Å². The normalized spacial score (nSPS) is 13.4. The van der Waals surface area contributed by atoms with Gasteiger partial charge in [0, 0.05) is 5.56 Å². The Labute approximate surface area is 247 Å². The lowest BCUT2D eigenvalue weighted by atomic mass is 9.96. The van der Waals surface area contributed by atoms with Gasteiger partial charge in [0.25, 0.3) is 0 Å². The zero-order valence-corrected chi connectivity index (χ0v) is 27.6. The van der Waals surface area contributed by atoms with Gasteiger partial charge in [0.15, 0.2) is 23.0 Å². The van der Waals surface area contributed by atoms with E-state index < -0.39 is 8.32 Å². The Balaban J connectivity index is 1.93. The summed E-state index contributed by atoms with van der Waals surface area (Å²) < 4.78 is 47.3. The van der Waals surface area contributed by atoms with Crippen molar-refractivity contribution in [2.45, 2.75) is 71.7 Å². The van der Waals surface area contributed by atoms with Crippen molar-refractivity contribution in [1.29, 1.82) is 0 Å². The van der Waals surface area contributed by atoms with Crippen molar-refractivity contribution in [3.8, 4) is 45.6 Å². The van der Waals surface area contributed by atoms with Gasteiger partial charge in [-0.2, -0.15) is 0 Å². The van der Waals surface area contributed by atoms with Crippen molar-refractivity contribution in [3.63, 3.8) is 0 Å². The summed E-state index contributed by atoms with van der Waals surface area (Å²) in [7, 11) is 4.40. The second-order valence-corrected chi connectivity index (χ2v) is 16.6. The average molecular weight is 589 g/mol. The molecule has 1 heterocycles. The number of fused-ring (bicyclic) bond motifs is 1. The van der Waals surface area contributed by atoms with E-state index in [4.69, 9.17) is 37.6 Å². The highest BCUT2D eigenvalue weighted by Crippen LogP contribution is 2.51. The van der Waals surface area contributed by atoms with Gasteiger partial charge in [-0.05, 0) is 58.4 Å². The molecule has 41 heavy (non-hydrogen) atoms. The molecule has 0 N–H and O–H groups in total. The minimum Gasteiger partial charge on any atom is -0.493 e. The molecule has 0 unspecified atom stereocenters. The van der Waals surface area contributed by atoms with Crippen molar-refractivity contribution >= 4 is 8.32 Å². The Kier molecular flexibility index (Phi) is 11.4. The summed E-state index contributed by atoms with van der Waals surface area (Å²) in [6, 6.07) is 5.73. The fourth-order valence-electron chi connectivity index (χ4n) is 6.13.